The second-order valence-corrected chi connectivity index (χ2v) is 6.42. The second kappa shape index (κ2) is 7.99. The minimum Gasteiger partial charge on any atom is -0.496 e. The van der Waals surface area contributed by atoms with Crippen molar-refractivity contribution in [1.82, 2.24) is 0 Å². The molecule has 0 atom stereocenters. The summed E-state index contributed by atoms with van der Waals surface area (Å²) in [6.45, 7) is 0.507. The molecule has 4 heteroatoms. The Hall–Kier alpha value is -2.59. The van der Waals surface area contributed by atoms with Gasteiger partial charge in [0.05, 0.1) is 18.1 Å². The number of carbonyl (C=O) groups excluding carboxylic acids is 1. The number of nitrogens with zero attached hydrogens (tertiary/aromatic N) is 1. The number of halogens is 1. The van der Waals surface area contributed by atoms with Crippen LogP contribution in [-0.4, -0.2) is 13.0 Å². The number of carbonyl (C=O) groups is 1. The summed E-state index contributed by atoms with van der Waals surface area (Å²) >= 11 is 3.45. The van der Waals surface area contributed by atoms with Crippen molar-refractivity contribution in [2.75, 3.05) is 12.0 Å². The maximum Gasteiger partial charge on any atom is 0.258 e. The molecule has 0 heterocycles. The van der Waals surface area contributed by atoms with Crippen LogP contribution in [0.25, 0.3) is 0 Å². The summed E-state index contributed by atoms with van der Waals surface area (Å²) in [5, 5.41) is 0. The summed E-state index contributed by atoms with van der Waals surface area (Å²) < 4.78 is 6.01. The first-order chi connectivity index (χ1) is 12.2. The van der Waals surface area contributed by atoms with Crippen LogP contribution in [0.4, 0.5) is 5.69 Å². The largest absolute Gasteiger partial charge is 0.496 e. The van der Waals surface area contributed by atoms with Crippen LogP contribution in [0.3, 0.4) is 0 Å². The minimum atomic E-state index is -0.0570. The molecule has 0 radical (unpaired) electrons. The monoisotopic (exact) mass is 395 g/mol. The number of amides is 1. The van der Waals surface area contributed by atoms with E-state index in [1.54, 1.807) is 30.2 Å². The lowest BCUT2D eigenvalue weighted by atomic mass is 10.1. The third kappa shape index (κ3) is 4.09. The van der Waals surface area contributed by atoms with Crippen molar-refractivity contribution < 1.29 is 9.53 Å². The van der Waals surface area contributed by atoms with E-state index in [-0.39, 0.29) is 5.91 Å². The van der Waals surface area contributed by atoms with Crippen LogP contribution >= 0.6 is 15.9 Å². The summed E-state index contributed by atoms with van der Waals surface area (Å²) in [7, 11) is 1.60. The Balaban J connectivity index is 1.96. The standard InChI is InChI=1S/C21H18BrNO2/c1-25-20-13-12-17(14-19(20)22)21(24)23(18-10-6-3-7-11-18)15-16-8-4-2-5-9-16/h2-14H,15H2,1H3. The Bertz CT molecular complexity index is 850. The highest BCUT2D eigenvalue weighted by atomic mass is 79.9. The number of para-hydroxylation sites is 1. The Labute approximate surface area is 156 Å². The molecule has 3 rings (SSSR count). The fourth-order valence-electron chi connectivity index (χ4n) is 2.61. The van der Waals surface area contributed by atoms with Crippen molar-refractivity contribution >= 4 is 27.5 Å². The average Bonchev–Trinajstić information content (AvgIpc) is 2.67. The molecule has 0 aliphatic heterocycles. The zero-order valence-electron chi connectivity index (χ0n) is 13.9. The number of methoxy groups -OCH3 is 1. The Morgan fingerprint density at radius 1 is 0.960 bits per heavy atom. The van der Waals surface area contributed by atoms with Crippen molar-refractivity contribution in [2.45, 2.75) is 6.54 Å². The molecule has 3 nitrogen and oxygen atoms in total. The van der Waals surface area contributed by atoms with E-state index in [0.29, 0.717) is 17.9 Å². The molecule has 126 valence electrons. The molecule has 1 amide bonds. The van der Waals surface area contributed by atoms with Gasteiger partial charge in [0, 0.05) is 11.3 Å². The number of ether oxygens (including phenoxy) is 1. The Morgan fingerprint density at radius 3 is 2.20 bits per heavy atom. The topological polar surface area (TPSA) is 29.5 Å². The molecular weight excluding hydrogens is 378 g/mol. The molecule has 0 fully saturated rings. The first kappa shape index (κ1) is 17.2. The van der Waals surface area contributed by atoms with Crippen molar-refractivity contribution in [3.8, 4) is 5.75 Å². The highest BCUT2D eigenvalue weighted by Crippen LogP contribution is 2.27. The maximum absolute atomic E-state index is 13.2. The molecule has 0 bridgehead atoms. The smallest absolute Gasteiger partial charge is 0.258 e. The number of hydrogen-bond acceptors (Lipinski definition) is 2. The van der Waals surface area contributed by atoms with E-state index in [4.69, 9.17) is 4.74 Å². The highest BCUT2D eigenvalue weighted by molar-refractivity contribution is 9.10. The molecular formula is C21H18BrNO2. The van der Waals surface area contributed by atoms with Gasteiger partial charge in [0.25, 0.3) is 5.91 Å². The van der Waals surface area contributed by atoms with Crippen molar-refractivity contribution in [3.05, 3.63) is 94.5 Å². The van der Waals surface area contributed by atoms with Crippen LogP contribution in [0.5, 0.6) is 5.75 Å². The summed E-state index contributed by atoms with van der Waals surface area (Å²) in [6, 6.07) is 25.0. The summed E-state index contributed by atoms with van der Waals surface area (Å²) in [6.07, 6.45) is 0. The van der Waals surface area contributed by atoms with Crippen molar-refractivity contribution in [1.29, 1.82) is 0 Å². The van der Waals surface area contributed by atoms with Gasteiger partial charge in [-0.3, -0.25) is 4.79 Å². The zero-order valence-corrected chi connectivity index (χ0v) is 15.4. The Kier molecular flexibility index (Phi) is 5.51. The molecule has 3 aromatic carbocycles. The van der Waals surface area contributed by atoms with E-state index < -0.39 is 0 Å². The van der Waals surface area contributed by atoms with Crippen LogP contribution in [0.15, 0.2) is 83.3 Å². The lowest BCUT2D eigenvalue weighted by Crippen LogP contribution is -2.30. The van der Waals surface area contributed by atoms with Crippen LogP contribution in [-0.2, 0) is 6.54 Å². The first-order valence-electron chi connectivity index (χ1n) is 7.93. The van der Waals surface area contributed by atoms with Gasteiger partial charge < -0.3 is 9.64 Å². The first-order valence-corrected chi connectivity index (χ1v) is 8.72. The lowest BCUT2D eigenvalue weighted by Gasteiger charge is -2.23. The summed E-state index contributed by atoms with van der Waals surface area (Å²) in [5.74, 6) is 0.643. The van der Waals surface area contributed by atoms with Crippen molar-refractivity contribution in [2.24, 2.45) is 0 Å². The van der Waals surface area contributed by atoms with Crippen LogP contribution in [0.1, 0.15) is 15.9 Å². The minimum absolute atomic E-state index is 0.0570. The number of rotatable bonds is 5. The predicted octanol–water partition coefficient (Wildman–Crippen LogP) is 5.30. The molecule has 25 heavy (non-hydrogen) atoms. The molecule has 3 aromatic rings. The molecule has 0 aliphatic rings. The quantitative estimate of drug-likeness (QED) is 0.586. The number of hydrogen-bond donors (Lipinski definition) is 0. The molecule has 0 saturated carbocycles. The molecule has 0 spiro atoms. The molecule has 0 aliphatic carbocycles. The zero-order chi connectivity index (χ0) is 17.6. The summed E-state index contributed by atoms with van der Waals surface area (Å²) in [5.41, 5.74) is 2.54. The SMILES string of the molecule is COc1ccc(C(=O)N(Cc2ccccc2)c2ccccc2)cc1Br. The molecule has 0 N–H and O–H groups in total. The molecule has 0 aromatic heterocycles. The average molecular weight is 396 g/mol. The fourth-order valence-corrected chi connectivity index (χ4v) is 3.15. The van der Waals surface area contributed by atoms with Crippen molar-refractivity contribution in [3.63, 3.8) is 0 Å². The predicted molar refractivity (Wildman–Crippen MR) is 104 cm³/mol. The second-order valence-electron chi connectivity index (χ2n) is 5.56. The number of anilines is 1. The van der Waals surface area contributed by atoms with Gasteiger partial charge in [-0.25, -0.2) is 0 Å². The number of benzene rings is 3. The van der Waals surface area contributed by atoms with Gasteiger partial charge in [0.1, 0.15) is 5.75 Å². The van der Waals surface area contributed by atoms with Gasteiger partial charge in [-0.15, -0.1) is 0 Å². The maximum atomic E-state index is 13.2. The van der Waals surface area contributed by atoms with Crippen LogP contribution < -0.4 is 9.64 Å². The van der Waals surface area contributed by atoms with Gasteiger partial charge >= 0.3 is 0 Å². The third-order valence-electron chi connectivity index (χ3n) is 3.90. The lowest BCUT2D eigenvalue weighted by molar-refractivity contribution is 0.0985. The summed E-state index contributed by atoms with van der Waals surface area (Å²) in [4.78, 5) is 14.9. The van der Waals surface area contributed by atoms with Crippen LogP contribution in [0, 0.1) is 0 Å². The van der Waals surface area contributed by atoms with E-state index in [0.717, 1.165) is 15.7 Å². The van der Waals surface area contributed by atoms with Gasteiger partial charge in [-0.05, 0) is 51.8 Å². The Morgan fingerprint density at radius 2 is 1.60 bits per heavy atom. The van der Waals surface area contributed by atoms with Gasteiger partial charge in [0.15, 0.2) is 0 Å². The molecule has 0 unspecified atom stereocenters. The fraction of sp³-hybridized carbons (Fsp3) is 0.0952. The van der Waals surface area contributed by atoms with Crippen LogP contribution in [0.2, 0.25) is 0 Å². The van der Waals surface area contributed by atoms with E-state index >= 15 is 0 Å². The van der Waals surface area contributed by atoms with E-state index in [1.807, 2.05) is 60.7 Å². The third-order valence-corrected chi connectivity index (χ3v) is 4.51. The normalized spacial score (nSPS) is 10.3. The van der Waals surface area contributed by atoms with E-state index in [1.165, 1.54) is 0 Å². The highest BCUT2D eigenvalue weighted by Gasteiger charge is 2.19. The van der Waals surface area contributed by atoms with Gasteiger partial charge in [0.2, 0.25) is 0 Å². The van der Waals surface area contributed by atoms with E-state index in [9.17, 15) is 4.79 Å². The molecule has 0 saturated heterocycles. The van der Waals surface area contributed by atoms with Gasteiger partial charge in [-0.2, -0.15) is 0 Å². The van der Waals surface area contributed by atoms with E-state index in [2.05, 4.69) is 15.9 Å². The van der Waals surface area contributed by atoms with Gasteiger partial charge in [-0.1, -0.05) is 48.5 Å².